The molecule has 1 saturated heterocycles. The molecule has 0 radical (unpaired) electrons. The molecule has 0 amide bonds. The van der Waals surface area contributed by atoms with E-state index in [2.05, 4.69) is 47.3 Å². The fraction of sp³-hybridized carbons (Fsp3) is 0.345. The maximum Gasteiger partial charge on any atom is 0.414 e. The highest BCUT2D eigenvalue weighted by Crippen LogP contribution is 2.35. The predicted molar refractivity (Wildman–Crippen MR) is 148 cm³/mol. The third-order valence-corrected chi connectivity index (χ3v) is 8.21. The number of aryl methyl sites for hydroxylation is 1. The molecular formula is C29H32N2O6S. The standard InChI is InChI=1S/C27H30N2O2S.C2H2O4/c1-18-17-32-27-7-6-21(13-24(18)27)22-9-11-29(19(2)12-22)14-20(15-30)16-31-26-5-3-4-25-23(26)8-10-28-25;3-1(4)2(5)6/h3-8,10,13,15,17,19-20,22,28H,9,11-12,14,16H2,1-2H3;(H,3,4)(H,5,6)/t19-,20?,22-;/m0./s1. The monoisotopic (exact) mass is 536 g/mol. The lowest BCUT2D eigenvalue weighted by Crippen LogP contribution is -2.44. The van der Waals surface area contributed by atoms with E-state index in [1.54, 1.807) is 0 Å². The van der Waals surface area contributed by atoms with Crippen LogP contribution in [-0.4, -0.2) is 64.1 Å². The molecule has 5 rings (SSSR count). The predicted octanol–water partition coefficient (Wildman–Crippen LogP) is 5.31. The van der Waals surface area contributed by atoms with Crippen LogP contribution < -0.4 is 4.74 Å². The topological polar surface area (TPSA) is 120 Å². The van der Waals surface area contributed by atoms with Crippen molar-refractivity contribution < 1.29 is 29.3 Å². The number of ether oxygens (including phenoxy) is 1. The zero-order valence-corrected chi connectivity index (χ0v) is 22.2. The number of hydrogen-bond donors (Lipinski definition) is 3. The van der Waals surface area contributed by atoms with Crippen LogP contribution in [-0.2, 0) is 14.4 Å². The number of carboxylic acids is 2. The van der Waals surface area contributed by atoms with E-state index in [0.717, 1.165) is 48.9 Å². The number of thiophene rings is 1. The van der Waals surface area contributed by atoms with Gasteiger partial charge in [-0.2, -0.15) is 0 Å². The van der Waals surface area contributed by atoms with Gasteiger partial charge in [-0.1, -0.05) is 12.1 Å². The summed E-state index contributed by atoms with van der Waals surface area (Å²) in [5, 5.41) is 19.5. The van der Waals surface area contributed by atoms with Gasteiger partial charge in [-0.25, -0.2) is 9.59 Å². The third-order valence-electron chi connectivity index (χ3n) is 7.13. The lowest BCUT2D eigenvalue weighted by Gasteiger charge is -2.39. The average Bonchev–Trinajstić information content (AvgIpc) is 3.54. The van der Waals surface area contributed by atoms with E-state index < -0.39 is 11.9 Å². The summed E-state index contributed by atoms with van der Waals surface area (Å²) in [5.74, 6) is -2.36. The van der Waals surface area contributed by atoms with Crippen LogP contribution in [0.4, 0.5) is 0 Å². The van der Waals surface area contributed by atoms with Gasteiger partial charge >= 0.3 is 11.9 Å². The smallest absolute Gasteiger partial charge is 0.414 e. The Morgan fingerprint density at radius 2 is 1.97 bits per heavy atom. The zero-order chi connectivity index (χ0) is 27.2. The van der Waals surface area contributed by atoms with Crippen molar-refractivity contribution in [1.82, 2.24) is 9.88 Å². The lowest BCUT2D eigenvalue weighted by molar-refractivity contribution is -0.159. The minimum Gasteiger partial charge on any atom is -0.492 e. The number of fused-ring (bicyclic) bond motifs is 2. The molecule has 0 aliphatic carbocycles. The largest absolute Gasteiger partial charge is 0.492 e. The van der Waals surface area contributed by atoms with Crippen LogP contribution >= 0.6 is 11.3 Å². The molecule has 3 atom stereocenters. The van der Waals surface area contributed by atoms with Crippen molar-refractivity contribution in [2.45, 2.75) is 38.6 Å². The Labute approximate surface area is 224 Å². The minimum atomic E-state index is -1.82. The zero-order valence-electron chi connectivity index (χ0n) is 21.4. The van der Waals surface area contributed by atoms with Crippen LogP contribution in [0.1, 0.15) is 36.8 Å². The van der Waals surface area contributed by atoms with Gasteiger partial charge in [-0.05, 0) is 91.4 Å². The Balaban J connectivity index is 0.000000505. The van der Waals surface area contributed by atoms with Crippen LogP contribution in [0.3, 0.4) is 0 Å². The van der Waals surface area contributed by atoms with Gasteiger partial charge in [0, 0.05) is 34.4 Å². The molecule has 1 aliphatic rings. The Morgan fingerprint density at radius 3 is 2.68 bits per heavy atom. The summed E-state index contributed by atoms with van der Waals surface area (Å²) in [7, 11) is 0. The molecule has 8 nitrogen and oxygen atoms in total. The van der Waals surface area contributed by atoms with Crippen LogP contribution in [0.2, 0.25) is 0 Å². The molecule has 1 fully saturated rings. The molecule has 4 aromatic rings. The van der Waals surface area contributed by atoms with Gasteiger partial charge in [0.15, 0.2) is 0 Å². The van der Waals surface area contributed by atoms with E-state index in [-0.39, 0.29) is 5.92 Å². The van der Waals surface area contributed by atoms with Crippen molar-refractivity contribution in [3.8, 4) is 5.75 Å². The van der Waals surface area contributed by atoms with Gasteiger partial charge in [-0.15, -0.1) is 11.3 Å². The number of aldehydes is 1. The lowest BCUT2D eigenvalue weighted by atomic mass is 9.85. The van der Waals surface area contributed by atoms with Crippen LogP contribution in [0.25, 0.3) is 21.0 Å². The Kier molecular flexibility index (Phi) is 8.81. The van der Waals surface area contributed by atoms with Crippen LogP contribution in [0, 0.1) is 12.8 Å². The number of nitrogens with one attached hydrogen (secondary N) is 1. The van der Waals surface area contributed by atoms with Gasteiger partial charge in [0.25, 0.3) is 0 Å². The minimum absolute atomic E-state index is 0.131. The first-order chi connectivity index (χ1) is 18.3. The summed E-state index contributed by atoms with van der Waals surface area (Å²) in [5.41, 5.74) is 3.89. The number of aliphatic carboxylic acids is 2. The summed E-state index contributed by atoms with van der Waals surface area (Å²) in [6.45, 7) is 6.68. The first-order valence-corrected chi connectivity index (χ1v) is 13.5. The molecule has 0 saturated carbocycles. The van der Waals surface area contributed by atoms with E-state index in [9.17, 15) is 4.79 Å². The number of carbonyl (C=O) groups is 3. The maximum absolute atomic E-state index is 11.8. The van der Waals surface area contributed by atoms with Gasteiger partial charge in [0.1, 0.15) is 12.0 Å². The molecule has 3 N–H and O–H groups in total. The number of piperidine rings is 1. The summed E-state index contributed by atoms with van der Waals surface area (Å²) in [6, 6.07) is 15.4. The quantitative estimate of drug-likeness (QED) is 0.216. The highest BCUT2D eigenvalue weighted by molar-refractivity contribution is 7.17. The number of rotatable bonds is 7. The van der Waals surface area contributed by atoms with E-state index in [0.29, 0.717) is 18.6 Å². The van der Waals surface area contributed by atoms with Crippen LogP contribution in [0.5, 0.6) is 5.75 Å². The summed E-state index contributed by atoms with van der Waals surface area (Å²) < 4.78 is 7.44. The van der Waals surface area contributed by atoms with E-state index in [1.807, 2.05) is 41.8 Å². The second-order valence-corrected chi connectivity index (χ2v) is 10.7. The molecular weight excluding hydrogens is 504 g/mol. The number of carbonyl (C=O) groups excluding carboxylic acids is 1. The Hall–Kier alpha value is -3.69. The van der Waals surface area contributed by atoms with Gasteiger partial charge in [-0.3, -0.25) is 4.90 Å². The number of hydrogen-bond acceptors (Lipinski definition) is 6. The van der Waals surface area contributed by atoms with Crippen molar-refractivity contribution in [3.05, 3.63) is 65.2 Å². The second kappa shape index (κ2) is 12.2. The number of H-pyrrole nitrogens is 1. The van der Waals surface area contributed by atoms with Gasteiger partial charge < -0.3 is 24.7 Å². The SMILES string of the molecule is Cc1csc2ccc([C@H]3CCN(CC(C=O)COc4cccc5[nH]ccc45)[C@@H](C)C3)cc12.O=C(O)C(=O)O. The average molecular weight is 537 g/mol. The van der Waals surface area contributed by atoms with Crippen molar-refractivity contribution in [2.75, 3.05) is 19.7 Å². The van der Waals surface area contributed by atoms with E-state index in [4.69, 9.17) is 24.5 Å². The second-order valence-electron chi connectivity index (χ2n) is 9.75. The molecule has 0 spiro atoms. The molecule has 1 aliphatic heterocycles. The summed E-state index contributed by atoms with van der Waals surface area (Å²) in [6.07, 6.45) is 5.24. The molecule has 2 aromatic carbocycles. The number of nitrogens with zero attached hydrogens (tertiary/aromatic N) is 1. The highest BCUT2D eigenvalue weighted by atomic mass is 32.1. The van der Waals surface area contributed by atoms with Crippen LogP contribution in [0.15, 0.2) is 54.0 Å². The maximum atomic E-state index is 11.8. The molecule has 0 bridgehead atoms. The first kappa shape index (κ1) is 27.3. The molecule has 9 heteroatoms. The van der Waals surface area contributed by atoms with Crippen molar-refractivity contribution >= 4 is 50.6 Å². The van der Waals surface area contributed by atoms with Gasteiger partial charge in [0.05, 0.1) is 12.5 Å². The Bertz CT molecular complexity index is 1410. The highest BCUT2D eigenvalue weighted by Gasteiger charge is 2.28. The summed E-state index contributed by atoms with van der Waals surface area (Å²) in [4.78, 5) is 35.7. The molecule has 1 unspecified atom stereocenters. The molecule has 2 aromatic heterocycles. The van der Waals surface area contributed by atoms with Crippen molar-refractivity contribution in [2.24, 2.45) is 5.92 Å². The first-order valence-electron chi connectivity index (χ1n) is 12.6. The number of benzene rings is 2. The van der Waals surface area contributed by atoms with Crippen molar-refractivity contribution in [1.29, 1.82) is 0 Å². The molecule has 3 heterocycles. The fourth-order valence-electron chi connectivity index (χ4n) is 5.04. The summed E-state index contributed by atoms with van der Waals surface area (Å²) >= 11 is 1.83. The number of likely N-dealkylation sites (tertiary alicyclic amines) is 1. The van der Waals surface area contributed by atoms with E-state index in [1.165, 1.54) is 21.2 Å². The van der Waals surface area contributed by atoms with Crippen molar-refractivity contribution in [3.63, 3.8) is 0 Å². The number of aromatic amines is 1. The fourth-order valence-corrected chi connectivity index (χ4v) is 5.96. The number of aromatic nitrogens is 1. The number of carboxylic acid groups (broad SMARTS) is 2. The molecule has 200 valence electrons. The van der Waals surface area contributed by atoms with Gasteiger partial charge in [0.2, 0.25) is 0 Å². The third kappa shape index (κ3) is 6.41. The normalized spacial score (nSPS) is 18.5. The Morgan fingerprint density at radius 1 is 1.18 bits per heavy atom. The van der Waals surface area contributed by atoms with E-state index >= 15 is 0 Å². The molecule has 38 heavy (non-hydrogen) atoms.